The molecule has 2 heterocycles. The second-order valence-electron chi connectivity index (χ2n) is 5.84. The number of pyridine rings is 1. The van der Waals surface area contributed by atoms with Gasteiger partial charge < -0.3 is 20.4 Å². The van der Waals surface area contributed by atoms with Gasteiger partial charge in [-0.15, -0.1) is 0 Å². The summed E-state index contributed by atoms with van der Waals surface area (Å²) >= 11 is 0. The van der Waals surface area contributed by atoms with E-state index in [1.165, 1.54) is 17.9 Å². The molecule has 3 N–H and O–H groups in total. The van der Waals surface area contributed by atoms with Crippen molar-refractivity contribution in [2.75, 3.05) is 12.8 Å². The lowest BCUT2D eigenvalue weighted by molar-refractivity contribution is 0.0592. The Hall–Kier alpha value is -4.12. The summed E-state index contributed by atoms with van der Waals surface area (Å²) in [5, 5.41) is 12.1. The van der Waals surface area contributed by atoms with Crippen LogP contribution >= 0.6 is 0 Å². The molecule has 3 aromatic rings. The van der Waals surface area contributed by atoms with Crippen LogP contribution in [-0.2, 0) is 11.3 Å². The Morgan fingerprint density at radius 1 is 1.29 bits per heavy atom. The number of aromatic nitrogens is 2. The number of nitrogens with zero attached hydrogens (tertiary/aromatic N) is 3. The summed E-state index contributed by atoms with van der Waals surface area (Å²) in [5.74, 6) is -1.05. The number of nitrogen functional groups attached to an aromatic ring is 1. The molecule has 0 atom stereocenters. The number of carbonyl (C=O) groups excluding carboxylic acids is 2. The van der Waals surface area contributed by atoms with E-state index in [0.717, 1.165) is 5.56 Å². The number of benzene rings is 1. The van der Waals surface area contributed by atoms with E-state index in [0.29, 0.717) is 17.8 Å². The lowest BCUT2D eigenvalue weighted by Gasteiger charge is -2.13. The third kappa shape index (κ3) is 3.54. The van der Waals surface area contributed by atoms with Crippen LogP contribution in [0.15, 0.2) is 55.0 Å². The average Bonchev–Trinajstić information content (AvgIpc) is 3.08. The maximum Gasteiger partial charge on any atom is 0.357 e. The van der Waals surface area contributed by atoms with Crippen LogP contribution in [0.5, 0.6) is 0 Å². The van der Waals surface area contributed by atoms with Crippen molar-refractivity contribution in [3.63, 3.8) is 0 Å². The van der Waals surface area contributed by atoms with Crippen molar-refractivity contribution >= 4 is 17.6 Å². The molecule has 0 radical (unpaired) electrons. The molecular formula is C20H17N5O3. The number of carbonyl (C=O) groups is 2. The molecule has 0 fully saturated rings. The molecule has 8 nitrogen and oxygen atoms in total. The number of rotatable bonds is 5. The zero-order valence-corrected chi connectivity index (χ0v) is 15.0. The maximum absolute atomic E-state index is 12.8. The summed E-state index contributed by atoms with van der Waals surface area (Å²) in [5.41, 5.74) is 7.61. The number of amides is 1. The lowest BCUT2D eigenvalue weighted by Crippen LogP contribution is -2.24. The van der Waals surface area contributed by atoms with E-state index in [4.69, 9.17) is 10.5 Å². The van der Waals surface area contributed by atoms with E-state index >= 15 is 0 Å². The van der Waals surface area contributed by atoms with Crippen LogP contribution in [0.4, 0.5) is 5.69 Å². The van der Waals surface area contributed by atoms with Crippen molar-refractivity contribution in [2.45, 2.75) is 6.54 Å². The summed E-state index contributed by atoms with van der Waals surface area (Å²) < 4.78 is 6.19. The van der Waals surface area contributed by atoms with Crippen LogP contribution in [0.3, 0.4) is 0 Å². The van der Waals surface area contributed by atoms with Crippen LogP contribution in [0.2, 0.25) is 0 Å². The van der Waals surface area contributed by atoms with E-state index < -0.39 is 5.97 Å². The fourth-order valence-electron chi connectivity index (χ4n) is 2.76. The number of hydrogen-bond acceptors (Lipinski definition) is 6. The Morgan fingerprint density at radius 2 is 2.07 bits per heavy atom. The fraction of sp³-hybridized carbons (Fsp3) is 0.100. The quantitative estimate of drug-likeness (QED) is 0.658. The van der Waals surface area contributed by atoms with E-state index in [1.54, 1.807) is 42.7 Å². The number of hydrogen-bond donors (Lipinski definition) is 2. The molecular weight excluding hydrogens is 358 g/mol. The molecule has 0 aliphatic heterocycles. The molecule has 0 aliphatic rings. The highest BCUT2D eigenvalue weighted by Crippen LogP contribution is 2.26. The van der Waals surface area contributed by atoms with Crippen molar-refractivity contribution in [1.29, 1.82) is 5.26 Å². The summed E-state index contributed by atoms with van der Waals surface area (Å²) in [6.07, 6.45) is 4.72. The summed E-state index contributed by atoms with van der Waals surface area (Å²) in [7, 11) is 1.22. The number of anilines is 1. The van der Waals surface area contributed by atoms with Crippen LogP contribution in [0, 0.1) is 11.3 Å². The molecule has 2 aromatic heterocycles. The smallest absolute Gasteiger partial charge is 0.357 e. The third-order valence-electron chi connectivity index (χ3n) is 4.13. The molecule has 1 amide bonds. The monoisotopic (exact) mass is 375 g/mol. The predicted octanol–water partition coefficient (Wildman–Crippen LogP) is 2.04. The first kappa shape index (κ1) is 18.7. The van der Waals surface area contributed by atoms with Crippen molar-refractivity contribution < 1.29 is 14.3 Å². The second-order valence-corrected chi connectivity index (χ2v) is 5.84. The van der Waals surface area contributed by atoms with E-state index in [2.05, 4.69) is 10.3 Å². The summed E-state index contributed by atoms with van der Waals surface area (Å²) in [6, 6.07) is 12.3. The van der Waals surface area contributed by atoms with Gasteiger partial charge in [-0.05, 0) is 23.8 Å². The third-order valence-corrected chi connectivity index (χ3v) is 4.13. The van der Waals surface area contributed by atoms with Gasteiger partial charge in [0.05, 0.1) is 29.6 Å². The van der Waals surface area contributed by atoms with Crippen LogP contribution in [0.25, 0.3) is 5.69 Å². The molecule has 8 heteroatoms. The minimum absolute atomic E-state index is 0.0000730. The van der Waals surface area contributed by atoms with Gasteiger partial charge in [-0.25, -0.2) is 4.79 Å². The first-order valence-electron chi connectivity index (χ1n) is 8.32. The second kappa shape index (κ2) is 8.05. The zero-order chi connectivity index (χ0) is 20.1. The molecule has 0 bridgehead atoms. The van der Waals surface area contributed by atoms with E-state index in [9.17, 15) is 14.9 Å². The van der Waals surface area contributed by atoms with Gasteiger partial charge in [0.25, 0.3) is 5.91 Å². The van der Waals surface area contributed by atoms with Gasteiger partial charge in [0.15, 0.2) is 5.69 Å². The van der Waals surface area contributed by atoms with E-state index in [1.807, 2.05) is 12.1 Å². The first-order valence-corrected chi connectivity index (χ1v) is 8.32. The lowest BCUT2D eigenvalue weighted by atomic mass is 10.1. The number of esters is 1. The van der Waals surface area contributed by atoms with Crippen LogP contribution in [-0.4, -0.2) is 28.5 Å². The Balaban J connectivity index is 2.00. The predicted molar refractivity (Wildman–Crippen MR) is 102 cm³/mol. The summed E-state index contributed by atoms with van der Waals surface area (Å²) in [6.45, 7) is 0.294. The summed E-state index contributed by atoms with van der Waals surface area (Å²) in [4.78, 5) is 29.0. The molecule has 1 aromatic carbocycles. The van der Waals surface area contributed by atoms with Gasteiger partial charge in [0.1, 0.15) is 6.07 Å². The molecule has 0 unspecified atom stereocenters. The molecule has 140 valence electrons. The average molecular weight is 375 g/mol. The minimum Gasteiger partial charge on any atom is -0.464 e. The van der Waals surface area contributed by atoms with Gasteiger partial charge in [-0.3, -0.25) is 9.78 Å². The van der Waals surface area contributed by atoms with Gasteiger partial charge >= 0.3 is 5.97 Å². The highest BCUT2D eigenvalue weighted by atomic mass is 16.5. The number of nitrogens with two attached hydrogens (primary N) is 1. The topological polar surface area (TPSA) is 123 Å². The normalized spacial score (nSPS) is 10.1. The van der Waals surface area contributed by atoms with Crippen molar-refractivity contribution in [1.82, 2.24) is 14.9 Å². The number of methoxy groups -OCH3 is 1. The number of nitriles is 1. The minimum atomic E-state index is -0.704. The number of ether oxygens (including phenoxy) is 1. The van der Waals surface area contributed by atoms with Gasteiger partial charge in [0.2, 0.25) is 0 Å². The van der Waals surface area contributed by atoms with Crippen molar-refractivity contribution in [3.8, 4) is 11.8 Å². The highest BCUT2D eigenvalue weighted by Gasteiger charge is 2.24. The fourth-order valence-corrected chi connectivity index (χ4v) is 2.76. The van der Waals surface area contributed by atoms with Gasteiger partial charge in [-0.1, -0.05) is 18.2 Å². The Bertz CT molecular complexity index is 1070. The molecule has 0 spiro atoms. The first-order chi connectivity index (χ1) is 13.6. The SMILES string of the molecule is COC(=O)c1c(N)c(C#N)cn1-c1ccccc1C(=O)NCc1cccnc1. The zero-order valence-electron chi connectivity index (χ0n) is 15.0. The van der Waals surface area contributed by atoms with E-state index in [-0.39, 0.29) is 22.9 Å². The molecule has 0 saturated carbocycles. The van der Waals surface area contributed by atoms with Gasteiger partial charge in [0, 0.05) is 25.1 Å². The molecule has 0 saturated heterocycles. The Morgan fingerprint density at radius 3 is 2.75 bits per heavy atom. The molecule has 0 aliphatic carbocycles. The molecule has 28 heavy (non-hydrogen) atoms. The highest BCUT2D eigenvalue weighted by molar-refractivity contribution is 6.00. The number of nitrogens with one attached hydrogen (secondary N) is 1. The van der Waals surface area contributed by atoms with Gasteiger partial charge in [-0.2, -0.15) is 5.26 Å². The van der Waals surface area contributed by atoms with Crippen LogP contribution in [0.1, 0.15) is 32.0 Å². The van der Waals surface area contributed by atoms with Crippen molar-refractivity contribution in [2.24, 2.45) is 0 Å². The van der Waals surface area contributed by atoms with Crippen LogP contribution < -0.4 is 11.1 Å². The van der Waals surface area contributed by atoms with Crippen molar-refractivity contribution in [3.05, 3.63) is 77.4 Å². The Labute approximate surface area is 161 Å². The molecule has 3 rings (SSSR count). The Kier molecular flexibility index (Phi) is 5.37. The largest absolute Gasteiger partial charge is 0.464 e. The maximum atomic E-state index is 12.8. The number of para-hydroxylation sites is 1. The standard InChI is InChI=1S/C20H17N5O3/c1-28-20(27)18-17(22)14(9-21)12-25(18)16-7-3-2-6-15(16)19(26)24-11-13-5-4-8-23-10-13/h2-8,10,12H,11,22H2,1H3,(H,24,26).